The van der Waals surface area contributed by atoms with Gasteiger partial charge in [-0.25, -0.2) is 8.78 Å². The van der Waals surface area contributed by atoms with Crippen LogP contribution in [0.5, 0.6) is 0 Å². The Morgan fingerprint density at radius 1 is 1.26 bits per heavy atom. The van der Waals surface area contributed by atoms with Crippen LogP contribution in [-0.4, -0.2) is 34.8 Å². The van der Waals surface area contributed by atoms with Gasteiger partial charge in [0.15, 0.2) is 0 Å². The fraction of sp³-hybridized carbons (Fsp3) is 0.385. The molecule has 1 aromatic rings. The van der Waals surface area contributed by atoms with E-state index in [2.05, 4.69) is 5.16 Å². The molecule has 0 radical (unpaired) electrons. The molecule has 0 unspecified atom stereocenters. The minimum Gasteiger partial charge on any atom is -0.411 e. The lowest BCUT2D eigenvalue weighted by molar-refractivity contribution is 0.0749. The second-order valence-electron chi connectivity index (χ2n) is 4.54. The molecule has 1 aliphatic heterocycles. The maximum absolute atomic E-state index is 13.6. The van der Waals surface area contributed by atoms with Gasteiger partial charge in [-0.15, -0.1) is 0 Å². The molecule has 1 aromatic carbocycles. The fourth-order valence-corrected chi connectivity index (χ4v) is 2.06. The van der Waals surface area contributed by atoms with E-state index < -0.39 is 17.5 Å². The molecule has 1 heterocycles. The van der Waals surface area contributed by atoms with Crippen molar-refractivity contribution in [1.82, 2.24) is 4.90 Å². The number of oxime groups is 1. The van der Waals surface area contributed by atoms with Crippen LogP contribution < -0.4 is 0 Å². The zero-order valence-electron chi connectivity index (χ0n) is 10.5. The molecule has 0 aliphatic carbocycles. The zero-order valence-corrected chi connectivity index (χ0v) is 10.5. The lowest BCUT2D eigenvalue weighted by Crippen LogP contribution is -2.39. The Morgan fingerprint density at radius 3 is 2.47 bits per heavy atom. The van der Waals surface area contributed by atoms with E-state index in [-0.39, 0.29) is 11.1 Å². The molecular weight excluding hydrogens is 254 g/mol. The Hall–Kier alpha value is -1.98. The highest BCUT2D eigenvalue weighted by atomic mass is 19.1. The molecule has 19 heavy (non-hydrogen) atoms. The molecule has 4 nitrogen and oxygen atoms in total. The second-order valence-corrected chi connectivity index (χ2v) is 4.54. The zero-order chi connectivity index (χ0) is 14.0. The number of rotatable bonds is 1. The summed E-state index contributed by atoms with van der Waals surface area (Å²) in [5.41, 5.74) is 0.738. The Balaban J connectivity index is 2.19. The van der Waals surface area contributed by atoms with Crippen molar-refractivity contribution in [3.05, 3.63) is 34.9 Å². The predicted molar refractivity (Wildman–Crippen MR) is 65.5 cm³/mol. The van der Waals surface area contributed by atoms with Crippen LogP contribution in [0.25, 0.3) is 0 Å². The van der Waals surface area contributed by atoms with Crippen LogP contribution in [0, 0.1) is 18.6 Å². The highest BCUT2D eigenvalue weighted by molar-refractivity contribution is 5.96. The van der Waals surface area contributed by atoms with Crippen molar-refractivity contribution < 1.29 is 18.8 Å². The number of carbonyl (C=O) groups is 1. The van der Waals surface area contributed by atoms with E-state index in [4.69, 9.17) is 5.21 Å². The van der Waals surface area contributed by atoms with E-state index in [1.54, 1.807) is 0 Å². The number of nitrogens with zero attached hydrogens (tertiary/aromatic N) is 2. The van der Waals surface area contributed by atoms with Gasteiger partial charge in [0, 0.05) is 32.0 Å². The number of benzene rings is 1. The van der Waals surface area contributed by atoms with Crippen LogP contribution >= 0.6 is 0 Å². The number of likely N-dealkylation sites (tertiary alicyclic amines) is 1. The Bertz CT molecular complexity index is 534. The van der Waals surface area contributed by atoms with Crippen molar-refractivity contribution >= 4 is 11.6 Å². The predicted octanol–water partition coefficient (Wildman–Crippen LogP) is 2.34. The molecule has 0 saturated carbocycles. The molecule has 1 amide bonds. The molecule has 6 heteroatoms. The van der Waals surface area contributed by atoms with Gasteiger partial charge in [-0.05, 0) is 18.6 Å². The van der Waals surface area contributed by atoms with E-state index in [1.165, 1.54) is 17.9 Å². The largest absolute Gasteiger partial charge is 0.411 e. The minimum absolute atomic E-state index is 0.122. The number of carbonyl (C=O) groups excluding carboxylic acids is 1. The van der Waals surface area contributed by atoms with Gasteiger partial charge in [-0.2, -0.15) is 0 Å². The lowest BCUT2D eigenvalue weighted by Gasteiger charge is -2.27. The van der Waals surface area contributed by atoms with Crippen molar-refractivity contribution in [2.24, 2.45) is 5.16 Å². The Morgan fingerprint density at radius 2 is 1.89 bits per heavy atom. The summed E-state index contributed by atoms with van der Waals surface area (Å²) in [6.07, 6.45) is 0.925. The molecule has 2 rings (SSSR count). The quantitative estimate of drug-likeness (QED) is 0.628. The number of hydrogen-bond donors (Lipinski definition) is 1. The fourth-order valence-electron chi connectivity index (χ4n) is 2.06. The SMILES string of the molecule is Cc1cc(C(=O)N2CCC(=NO)CC2)c(F)cc1F. The van der Waals surface area contributed by atoms with Crippen molar-refractivity contribution in [1.29, 1.82) is 0 Å². The first-order valence-electron chi connectivity index (χ1n) is 5.97. The highest BCUT2D eigenvalue weighted by Crippen LogP contribution is 2.18. The summed E-state index contributed by atoms with van der Waals surface area (Å²) in [6, 6.07) is 1.95. The van der Waals surface area contributed by atoms with Gasteiger partial charge in [0.25, 0.3) is 5.91 Å². The summed E-state index contributed by atoms with van der Waals surface area (Å²) in [5, 5.41) is 11.7. The van der Waals surface area contributed by atoms with Gasteiger partial charge in [0.2, 0.25) is 0 Å². The minimum atomic E-state index is -0.852. The summed E-state index contributed by atoms with van der Waals surface area (Å²) < 4.78 is 26.8. The van der Waals surface area contributed by atoms with Crippen molar-refractivity contribution in [3.8, 4) is 0 Å². The van der Waals surface area contributed by atoms with E-state index in [0.29, 0.717) is 31.6 Å². The van der Waals surface area contributed by atoms with Crippen LogP contribution in [0.4, 0.5) is 8.78 Å². The van der Waals surface area contributed by atoms with Crippen LogP contribution in [0.1, 0.15) is 28.8 Å². The maximum atomic E-state index is 13.6. The molecular formula is C13H14F2N2O2. The highest BCUT2D eigenvalue weighted by Gasteiger charge is 2.24. The number of halogens is 2. The summed E-state index contributed by atoms with van der Waals surface area (Å²) in [7, 11) is 0. The van der Waals surface area contributed by atoms with Crippen molar-refractivity contribution in [2.75, 3.05) is 13.1 Å². The summed E-state index contributed by atoms with van der Waals surface area (Å²) >= 11 is 0. The molecule has 1 fully saturated rings. The van der Waals surface area contributed by atoms with Gasteiger partial charge in [-0.1, -0.05) is 5.16 Å². The number of aryl methyl sites for hydroxylation is 1. The van der Waals surface area contributed by atoms with E-state index >= 15 is 0 Å². The monoisotopic (exact) mass is 268 g/mol. The van der Waals surface area contributed by atoms with Gasteiger partial charge < -0.3 is 10.1 Å². The van der Waals surface area contributed by atoms with Crippen molar-refractivity contribution in [3.63, 3.8) is 0 Å². The van der Waals surface area contributed by atoms with Gasteiger partial charge >= 0.3 is 0 Å². The number of amides is 1. The Kier molecular flexibility index (Phi) is 3.78. The summed E-state index contributed by atoms with van der Waals surface area (Å²) in [6.45, 7) is 2.22. The van der Waals surface area contributed by atoms with Crippen LogP contribution in [0.15, 0.2) is 17.3 Å². The normalized spacial score (nSPS) is 15.5. The summed E-state index contributed by atoms with van der Waals surface area (Å²) in [4.78, 5) is 13.6. The van der Waals surface area contributed by atoms with Crippen LogP contribution in [-0.2, 0) is 0 Å². The van der Waals surface area contributed by atoms with E-state index in [9.17, 15) is 13.6 Å². The van der Waals surface area contributed by atoms with E-state index in [1.807, 2.05) is 0 Å². The number of piperidine rings is 1. The molecule has 0 atom stereocenters. The number of hydrogen-bond acceptors (Lipinski definition) is 3. The van der Waals surface area contributed by atoms with Gasteiger partial charge in [0.05, 0.1) is 11.3 Å². The second kappa shape index (κ2) is 5.34. The Labute approximate surface area is 109 Å². The topological polar surface area (TPSA) is 52.9 Å². The first kappa shape index (κ1) is 13.5. The first-order chi connectivity index (χ1) is 9.02. The van der Waals surface area contributed by atoms with Gasteiger partial charge in [-0.3, -0.25) is 4.79 Å². The molecule has 0 spiro atoms. The average molecular weight is 268 g/mol. The summed E-state index contributed by atoms with van der Waals surface area (Å²) in [5.74, 6) is -1.98. The molecule has 102 valence electrons. The van der Waals surface area contributed by atoms with E-state index in [0.717, 1.165) is 6.07 Å². The first-order valence-corrected chi connectivity index (χ1v) is 5.97. The standard InChI is InChI=1S/C13H14F2N2O2/c1-8-6-10(12(15)7-11(8)14)13(18)17-4-2-9(16-19)3-5-17/h6-7,19H,2-5H2,1H3. The third-order valence-electron chi connectivity index (χ3n) is 3.25. The third kappa shape index (κ3) is 2.72. The molecule has 1 saturated heterocycles. The maximum Gasteiger partial charge on any atom is 0.256 e. The molecule has 1 aliphatic rings. The third-order valence-corrected chi connectivity index (χ3v) is 3.25. The van der Waals surface area contributed by atoms with Crippen LogP contribution in [0.3, 0.4) is 0 Å². The molecule has 0 bridgehead atoms. The molecule has 1 N–H and O–H groups in total. The van der Waals surface area contributed by atoms with Gasteiger partial charge in [0.1, 0.15) is 11.6 Å². The lowest BCUT2D eigenvalue weighted by atomic mass is 10.1. The molecule has 0 aromatic heterocycles. The smallest absolute Gasteiger partial charge is 0.256 e. The van der Waals surface area contributed by atoms with Crippen LogP contribution in [0.2, 0.25) is 0 Å². The average Bonchev–Trinajstić information content (AvgIpc) is 2.42. The van der Waals surface area contributed by atoms with Crippen molar-refractivity contribution in [2.45, 2.75) is 19.8 Å².